The fraction of sp³-hybridized carbons (Fsp3) is 0.300. The Morgan fingerprint density at radius 3 is 2.46 bits per heavy atom. The van der Waals surface area contributed by atoms with E-state index >= 15 is 0 Å². The summed E-state index contributed by atoms with van der Waals surface area (Å²) in [6.07, 6.45) is 1.25. The van der Waals surface area contributed by atoms with Gasteiger partial charge in [0.05, 0.1) is 0 Å². The summed E-state index contributed by atoms with van der Waals surface area (Å²) in [6, 6.07) is 17.0. The van der Waals surface area contributed by atoms with Crippen molar-refractivity contribution in [2.24, 2.45) is 11.7 Å². The number of benzene rings is 2. The Hall–Kier alpha value is -2.62. The minimum absolute atomic E-state index is 0.0660. The lowest BCUT2D eigenvalue weighted by molar-refractivity contribution is -0.128. The van der Waals surface area contributed by atoms with Crippen LogP contribution in [0.5, 0.6) is 0 Å². The van der Waals surface area contributed by atoms with E-state index in [0.29, 0.717) is 6.42 Å². The summed E-state index contributed by atoms with van der Waals surface area (Å²) in [5, 5.41) is 2.83. The summed E-state index contributed by atoms with van der Waals surface area (Å²) < 4.78 is 0. The van der Waals surface area contributed by atoms with E-state index in [0.717, 1.165) is 12.0 Å². The largest absolute Gasteiger partial charge is 0.368 e. The first-order chi connectivity index (χ1) is 11.6. The molecule has 0 aliphatic heterocycles. The number of nitrogens with two attached hydrogens (primary N) is 1. The van der Waals surface area contributed by atoms with Crippen LogP contribution in [0.1, 0.15) is 29.0 Å². The second-order valence-electron chi connectivity index (χ2n) is 6.46. The van der Waals surface area contributed by atoms with Crippen molar-refractivity contribution in [3.8, 4) is 0 Å². The van der Waals surface area contributed by atoms with Gasteiger partial charge in [0.2, 0.25) is 11.8 Å². The highest BCUT2D eigenvalue weighted by Gasteiger charge is 2.45. The fourth-order valence-electron chi connectivity index (χ4n) is 3.18. The van der Waals surface area contributed by atoms with E-state index in [1.165, 1.54) is 11.1 Å². The molecule has 2 aromatic carbocycles. The maximum atomic E-state index is 12.5. The van der Waals surface area contributed by atoms with Gasteiger partial charge in [0, 0.05) is 12.3 Å². The Morgan fingerprint density at radius 1 is 1.12 bits per heavy atom. The maximum absolute atomic E-state index is 12.5. The van der Waals surface area contributed by atoms with Crippen LogP contribution in [0.25, 0.3) is 0 Å². The Morgan fingerprint density at radius 2 is 1.79 bits per heavy atom. The van der Waals surface area contributed by atoms with Gasteiger partial charge < -0.3 is 11.1 Å². The summed E-state index contributed by atoms with van der Waals surface area (Å²) in [7, 11) is 0. The number of hydrogen-bond donors (Lipinski definition) is 2. The third-order valence-corrected chi connectivity index (χ3v) is 4.66. The molecule has 124 valence electrons. The molecule has 3 N–H and O–H groups in total. The highest BCUT2D eigenvalue weighted by atomic mass is 16.2. The van der Waals surface area contributed by atoms with E-state index in [4.69, 9.17) is 5.73 Å². The Kier molecular flexibility index (Phi) is 4.65. The van der Waals surface area contributed by atoms with Crippen molar-refractivity contribution in [3.63, 3.8) is 0 Å². The van der Waals surface area contributed by atoms with E-state index in [-0.39, 0.29) is 17.7 Å². The van der Waals surface area contributed by atoms with Crippen molar-refractivity contribution in [2.75, 3.05) is 0 Å². The lowest BCUT2D eigenvalue weighted by atomic mass is 10.0. The molecule has 0 radical (unpaired) electrons. The van der Waals surface area contributed by atoms with Gasteiger partial charge in [-0.15, -0.1) is 0 Å². The van der Waals surface area contributed by atoms with Crippen LogP contribution in [0.2, 0.25) is 0 Å². The number of amides is 2. The molecule has 0 bridgehead atoms. The van der Waals surface area contributed by atoms with Crippen molar-refractivity contribution in [3.05, 3.63) is 71.3 Å². The van der Waals surface area contributed by atoms with Gasteiger partial charge in [-0.2, -0.15) is 0 Å². The quantitative estimate of drug-likeness (QED) is 0.856. The zero-order valence-corrected chi connectivity index (χ0v) is 13.7. The van der Waals surface area contributed by atoms with Crippen LogP contribution in [-0.2, 0) is 16.0 Å². The van der Waals surface area contributed by atoms with Crippen molar-refractivity contribution in [1.29, 1.82) is 0 Å². The SMILES string of the molecule is Cc1ccccc1[C@@H]1C[C@@H]1C(=O)N[C@@H](Cc1ccccc1)C(N)=O. The zero-order chi connectivity index (χ0) is 17.1. The molecule has 0 unspecified atom stereocenters. The van der Waals surface area contributed by atoms with E-state index < -0.39 is 11.9 Å². The number of aryl methyl sites for hydroxylation is 1. The Bertz CT molecular complexity index is 742. The molecule has 3 atom stereocenters. The number of hydrogen-bond acceptors (Lipinski definition) is 2. The molecule has 0 spiro atoms. The van der Waals surface area contributed by atoms with Crippen molar-refractivity contribution < 1.29 is 9.59 Å². The number of nitrogens with one attached hydrogen (secondary N) is 1. The number of primary amides is 1. The van der Waals surface area contributed by atoms with E-state index in [1.54, 1.807) is 0 Å². The molecule has 3 rings (SSSR count). The first-order valence-corrected chi connectivity index (χ1v) is 8.25. The summed E-state index contributed by atoms with van der Waals surface area (Å²) in [4.78, 5) is 24.2. The summed E-state index contributed by atoms with van der Waals surface area (Å²) in [6.45, 7) is 2.06. The summed E-state index contributed by atoms with van der Waals surface area (Å²) in [5.41, 5.74) is 8.87. The van der Waals surface area contributed by atoms with Gasteiger partial charge in [-0.3, -0.25) is 9.59 Å². The second-order valence-corrected chi connectivity index (χ2v) is 6.46. The standard InChI is InChI=1S/C20H22N2O2/c1-13-7-5-6-10-15(13)16-12-17(16)20(24)22-18(19(21)23)11-14-8-3-2-4-9-14/h2-10,16-18H,11-12H2,1H3,(H2,21,23)(H,22,24)/t16-,17-,18-/m0/s1. The van der Waals surface area contributed by atoms with Crippen molar-refractivity contribution in [2.45, 2.75) is 31.7 Å². The highest BCUT2D eigenvalue weighted by molar-refractivity contribution is 5.89. The van der Waals surface area contributed by atoms with Gasteiger partial charge in [0.15, 0.2) is 0 Å². The Labute approximate surface area is 142 Å². The minimum Gasteiger partial charge on any atom is -0.368 e. The van der Waals surface area contributed by atoms with Crippen LogP contribution < -0.4 is 11.1 Å². The average Bonchev–Trinajstić information content (AvgIpc) is 3.36. The van der Waals surface area contributed by atoms with Crippen LogP contribution in [-0.4, -0.2) is 17.9 Å². The fourth-order valence-corrected chi connectivity index (χ4v) is 3.18. The average molecular weight is 322 g/mol. The minimum atomic E-state index is -0.668. The van der Waals surface area contributed by atoms with Crippen LogP contribution in [0.4, 0.5) is 0 Å². The first kappa shape index (κ1) is 16.2. The van der Waals surface area contributed by atoms with Crippen LogP contribution in [0.15, 0.2) is 54.6 Å². The molecule has 2 amide bonds. The van der Waals surface area contributed by atoms with Gasteiger partial charge in [-0.1, -0.05) is 54.6 Å². The van der Waals surface area contributed by atoms with Crippen LogP contribution in [0.3, 0.4) is 0 Å². The molecule has 2 aromatic rings. The molecular formula is C20H22N2O2. The molecule has 4 nitrogen and oxygen atoms in total. The Balaban J connectivity index is 1.63. The lowest BCUT2D eigenvalue weighted by Gasteiger charge is -2.16. The molecule has 1 aliphatic rings. The third kappa shape index (κ3) is 3.65. The van der Waals surface area contributed by atoms with Crippen LogP contribution in [0, 0.1) is 12.8 Å². The molecular weight excluding hydrogens is 300 g/mol. The monoisotopic (exact) mass is 322 g/mol. The number of carbonyl (C=O) groups is 2. The molecule has 0 saturated heterocycles. The molecule has 1 saturated carbocycles. The highest BCUT2D eigenvalue weighted by Crippen LogP contribution is 2.48. The smallest absolute Gasteiger partial charge is 0.240 e. The topological polar surface area (TPSA) is 72.2 Å². The van der Waals surface area contributed by atoms with Crippen molar-refractivity contribution in [1.82, 2.24) is 5.32 Å². The second kappa shape index (κ2) is 6.87. The molecule has 4 heteroatoms. The molecule has 0 heterocycles. The lowest BCUT2D eigenvalue weighted by Crippen LogP contribution is -2.46. The molecule has 0 aromatic heterocycles. The number of carbonyl (C=O) groups excluding carboxylic acids is 2. The zero-order valence-electron chi connectivity index (χ0n) is 13.7. The van der Waals surface area contributed by atoms with E-state index in [1.807, 2.05) is 42.5 Å². The van der Waals surface area contributed by atoms with Gasteiger partial charge in [-0.05, 0) is 36.0 Å². The molecule has 1 fully saturated rings. The summed E-state index contributed by atoms with van der Waals surface area (Å²) >= 11 is 0. The summed E-state index contributed by atoms with van der Waals surface area (Å²) in [5.74, 6) is -0.400. The number of rotatable bonds is 6. The maximum Gasteiger partial charge on any atom is 0.240 e. The molecule has 24 heavy (non-hydrogen) atoms. The predicted molar refractivity (Wildman–Crippen MR) is 93.3 cm³/mol. The van der Waals surface area contributed by atoms with Gasteiger partial charge in [0.1, 0.15) is 6.04 Å². The first-order valence-electron chi connectivity index (χ1n) is 8.25. The molecule has 1 aliphatic carbocycles. The van der Waals surface area contributed by atoms with E-state index in [9.17, 15) is 9.59 Å². The third-order valence-electron chi connectivity index (χ3n) is 4.66. The van der Waals surface area contributed by atoms with Gasteiger partial charge >= 0.3 is 0 Å². The predicted octanol–water partition coefficient (Wildman–Crippen LogP) is 2.31. The van der Waals surface area contributed by atoms with Crippen LogP contribution >= 0.6 is 0 Å². The van der Waals surface area contributed by atoms with E-state index in [2.05, 4.69) is 24.4 Å². The normalized spacial score (nSPS) is 20.2. The van der Waals surface area contributed by atoms with Gasteiger partial charge in [0.25, 0.3) is 0 Å². The van der Waals surface area contributed by atoms with Crippen molar-refractivity contribution >= 4 is 11.8 Å². The van der Waals surface area contributed by atoms with Gasteiger partial charge in [-0.25, -0.2) is 0 Å².